The zero-order valence-electron chi connectivity index (χ0n) is 10.4. The van der Waals surface area contributed by atoms with Gasteiger partial charge in [0, 0.05) is 18.6 Å². The van der Waals surface area contributed by atoms with E-state index in [1.54, 1.807) is 0 Å². The van der Waals surface area contributed by atoms with E-state index in [2.05, 4.69) is 10.6 Å². The van der Waals surface area contributed by atoms with Crippen LogP contribution in [0.4, 0.5) is 4.79 Å². The van der Waals surface area contributed by atoms with Crippen molar-refractivity contribution in [2.24, 2.45) is 5.92 Å². The average molecular weight is 226 g/mol. The molecule has 1 spiro atoms. The van der Waals surface area contributed by atoms with Gasteiger partial charge in [0.2, 0.25) is 0 Å². The Labute approximate surface area is 97.1 Å². The van der Waals surface area contributed by atoms with Gasteiger partial charge in [-0.1, -0.05) is 0 Å². The van der Waals surface area contributed by atoms with E-state index in [9.17, 15) is 4.79 Å². The fourth-order valence-electron chi connectivity index (χ4n) is 2.28. The van der Waals surface area contributed by atoms with E-state index in [0.717, 1.165) is 13.1 Å². The second kappa shape index (κ2) is 3.91. The minimum Gasteiger partial charge on any atom is -0.444 e. The molecule has 1 aliphatic heterocycles. The summed E-state index contributed by atoms with van der Waals surface area (Å²) in [5.41, 5.74) is 0.0377. The Bertz CT molecular complexity index is 279. The van der Waals surface area contributed by atoms with E-state index in [-0.39, 0.29) is 6.09 Å². The molecule has 1 amide bonds. The third-order valence-electron chi connectivity index (χ3n) is 3.23. The molecule has 1 unspecified atom stereocenters. The quantitative estimate of drug-likeness (QED) is 0.753. The largest absolute Gasteiger partial charge is 0.444 e. The minimum absolute atomic E-state index is 0.302. The van der Waals surface area contributed by atoms with E-state index in [4.69, 9.17) is 4.74 Å². The zero-order chi connectivity index (χ0) is 11.8. The van der Waals surface area contributed by atoms with Gasteiger partial charge in [-0.05, 0) is 46.0 Å². The summed E-state index contributed by atoms with van der Waals surface area (Å²) in [5.74, 6) is 0.565. The molecular weight excluding hydrogens is 204 g/mol. The predicted molar refractivity (Wildman–Crippen MR) is 62.3 cm³/mol. The number of nitrogens with one attached hydrogen (secondary N) is 2. The highest BCUT2D eigenvalue weighted by Crippen LogP contribution is 2.44. The molecule has 2 rings (SSSR count). The summed E-state index contributed by atoms with van der Waals surface area (Å²) in [6.07, 6.45) is 3.50. The molecule has 2 N–H and O–H groups in total. The molecule has 1 saturated carbocycles. The molecule has 0 bridgehead atoms. The Morgan fingerprint density at radius 3 is 2.69 bits per heavy atom. The van der Waals surface area contributed by atoms with E-state index in [0.29, 0.717) is 11.5 Å². The van der Waals surface area contributed by atoms with Gasteiger partial charge in [0.05, 0.1) is 0 Å². The molecular formula is C12H22N2O2. The topological polar surface area (TPSA) is 50.4 Å². The molecule has 16 heavy (non-hydrogen) atoms. The summed E-state index contributed by atoms with van der Waals surface area (Å²) in [7, 11) is 0. The maximum atomic E-state index is 11.4. The van der Waals surface area contributed by atoms with Crippen molar-refractivity contribution in [2.45, 2.75) is 51.2 Å². The van der Waals surface area contributed by atoms with Crippen molar-refractivity contribution < 1.29 is 9.53 Å². The summed E-state index contributed by atoms with van der Waals surface area (Å²) in [5, 5.41) is 6.38. The van der Waals surface area contributed by atoms with Crippen LogP contribution in [0.5, 0.6) is 0 Å². The van der Waals surface area contributed by atoms with Crippen LogP contribution in [0.15, 0.2) is 0 Å². The van der Waals surface area contributed by atoms with Crippen molar-refractivity contribution in [1.29, 1.82) is 0 Å². The van der Waals surface area contributed by atoms with Gasteiger partial charge in [-0.2, -0.15) is 0 Å². The van der Waals surface area contributed by atoms with E-state index in [1.165, 1.54) is 19.3 Å². The van der Waals surface area contributed by atoms with Gasteiger partial charge >= 0.3 is 6.09 Å². The highest BCUT2D eigenvalue weighted by molar-refractivity contribution is 5.67. The van der Waals surface area contributed by atoms with Gasteiger partial charge in [0.25, 0.3) is 0 Å². The monoisotopic (exact) mass is 226 g/mol. The standard InChI is InChI=1S/C12H22N2O2/c1-11(2,3)16-10(15)13-7-9-6-12(4-5-12)14-8-9/h9,14H,4-8H2,1-3H3,(H,13,15). The maximum absolute atomic E-state index is 11.4. The molecule has 0 aromatic heterocycles. The number of hydrogen-bond donors (Lipinski definition) is 2. The van der Waals surface area contributed by atoms with Crippen molar-refractivity contribution >= 4 is 6.09 Å². The van der Waals surface area contributed by atoms with Crippen molar-refractivity contribution in [2.75, 3.05) is 13.1 Å². The SMILES string of the molecule is CC(C)(C)OC(=O)NCC1CNC2(CC2)C1. The molecule has 1 aliphatic carbocycles. The number of hydrogen-bond acceptors (Lipinski definition) is 3. The third kappa shape index (κ3) is 3.11. The first kappa shape index (κ1) is 11.7. The average Bonchev–Trinajstić information content (AvgIpc) is 2.72. The van der Waals surface area contributed by atoms with E-state index < -0.39 is 5.60 Å². The van der Waals surface area contributed by atoms with Crippen LogP contribution in [0, 0.1) is 5.92 Å². The van der Waals surface area contributed by atoms with Crippen LogP contribution in [0.1, 0.15) is 40.0 Å². The molecule has 2 fully saturated rings. The number of ether oxygens (including phenoxy) is 1. The lowest BCUT2D eigenvalue weighted by molar-refractivity contribution is 0.0520. The lowest BCUT2D eigenvalue weighted by Gasteiger charge is -2.20. The molecule has 0 aromatic carbocycles. The van der Waals surface area contributed by atoms with Crippen LogP contribution in [-0.4, -0.2) is 30.3 Å². The van der Waals surface area contributed by atoms with Gasteiger partial charge in [-0.3, -0.25) is 0 Å². The van der Waals surface area contributed by atoms with Crippen LogP contribution < -0.4 is 10.6 Å². The third-order valence-corrected chi connectivity index (χ3v) is 3.23. The molecule has 0 radical (unpaired) electrons. The van der Waals surface area contributed by atoms with Crippen LogP contribution in [-0.2, 0) is 4.74 Å². The van der Waals surface area contributed by atoms with Gasteiger partial charge in [-0.25, -0.2) is 4.79 Å². The highest BCUT2D eigenvalue weighted by atomic mass is 16.6. The lowest BCUT2D eigenvalue weighted by atomic mass is 10.0. The van der Waals surface area contributed by atoms with E-state index >= 15 is 0 Å². The van der Waals surface area contributed by atoms with E-state index in [1.807, 2.05) is 20.8 Å². The minimum atomic E-state index is -0.407. The van der Waals surface area contributed by atoms with Crippen LogP contribution in [0.3, 0.4) is 0 Å². The molecule has 4 heteroatoms. The summed E-state index contributed by atoms with van der Waals surface area (Å²) < 4.78 is 5.19. The summed E-state index contributed by atoms with van der Waals surface area (Å²) in [4.78, 5) is 11.4. The Kier molecular flexibility index (Phi) is 2.86. The van der Waals surface area contributed by atoms with Crippen molar-refractivity contribution in [3.8, 4) is 0 Å². The first-order valence-corrected chi connectivity index (χ1v) is 6.10. The first-order valence-electron chi connectivity index (χ1n) is 6.10. The van der Waals surface area contributed by atoms with Crippen molar-refractivity contribution in [1.82, 2.24) is 10.6 Å². The first-order chi connectivity index (χ1) is 7.39. The second-order valence-corrected chi connectivity index (χ2v) is 6.11. The zero-order valence-corrected chi connectivity index (χ0v) is 10.4. The number of amides is 1. The molecule has 1 saturated heterocycles. The fraction of sp³-hybridized carbons (Fsp3) is 0.917. The smallest absolute Gasteiger partial charge is 0.407 e. The Hall–Kier alpha value is -0.770. The Morgan fingerprint density at radius 1 is 1.50 bits per heavy atom. The number of carbonyl (C=O) groups excluding carboxylic acids is 1. The number of alkyl carbamates (subject to hydrolysis) is 1. The summed E-state index contributed by atoms with van der Waals surface area (Å²) in [6.45, 7) is 7.38. The predicted octanol–water partition coefficient (Wildman–Crippen LogP) is 1.65. The molecule has 0 aromatic rings. The number of rotatable bonds is 2. The molecule has 4 nitrogen and oxygen atoms in total. The molecule has 1 atom stereocenters. The van der Waals surface area contributed by atoms with Crippen molar-refractivity contribution in [3.63, 3.8) is 0 Å². The number of carbonyl (C=O) groups is 1. The van der Waals surface area contributed by atoms with Gasteiger partial charge in [0.15, 0.2) is 0 Å². The summed E-state index contributed by atoms with van der Waals surface area (Å²) in [6, 6.07) is 0. The fourth-order valence-corrected chi connectivity index (χ4v) is 2.28. The van der Waals surface area contributed by atoms with Gasteiger partial charge in [0.1, 0.15) is 5.60 Å². The van der Waals surface area contributed by atoms with Gasteiger partial charge < -0.3 is 15.4 Å². The van der Waals surface area contributed by atoms with Crippen LogP contribution >= 0.6 is 0 Å². The van der Waals surface area contributed by atoms with Gasteiger partial charge in [-0.15, -0.1) is 0 Å². The van der Waals surface area contributed by atoms with Crippen LogP contribution in [0.25, 0.3) is 0 Å². The normalized spacial score (nSPS) is 26.8. The van der Waals surface area contributed by atoms with Crippen molar-refractivity contribution in [3.05, 3.63) is 0 Å². The Balaban J connectivity index is 1.66. The van der Waals surface area contributed by atoms with Crippen LogP contribution in [0.2, 0.25) is 0 Å². The highest BCUT2D eigenvalue weighted by Gasteiger charge is 2.47. The lowest BCUT2D eigenvalue weighted by Crippen LogP contribution is -2.35. The molecule has 1 heterocycles. The molecule has 2 aliphatic rings. The second-order valence-electron chi connectivity index (χ2n) is 6.11. The molecule has 92 valence electrons. The maximum Gasteiger partial charge on any atom is 0.407 e. The Morgan fingerprint density at radius 2 is 2.19 bits per heavy atom. The summed E-state index contributed by atoms with van der Waals surface area (Å²) >= 11 is 0.